The molecule has 0 aromatic carbocycles. The van der Waals surface area contributed by atoms with E-state index in [2.05, 4.69) is 41.9 Å². The first-order valence-corrected chi connectivity index (χ1v) is 8.03. The molecule has 0 amide bonds. The standard InChI is InChI=1S/C14H22BrNS/c1-13(2)6-3-7-14(16,9-8-13)10-11-4-5-12(15)17-11/h4-5H,3,6-10,16H2,1-2H3. The van der Waals surface area contributed by atoms with E-state index >= 15 is 0 Å². The van der Waals surface area contributed by atoms with Crippen molar-refractivity contribution in [3.8, 4) is 0 Å². The number of hydrogen-bond donors (Lipinski definition) is 1. The predicted octanol–water partition coefficient (Wildman–Crippen LogP) is 4.74. The molecule has 1 nitrogen and oxygen atoms in total. The molecule has 0 radical (unpaired) electrons. The molecule has 2 N–H and O–H groups in total. The van der Waals surface area contributed by atoms with Crippen LogP contribution in [-0.2, 0) is 6.42 Å². The Bertz CT molecular complexity index is 385. The first kappa shape index (κ1) is 13.6. The van der Waals surface area contributed by atoms with E-state index in [1.54, 1.807) is 0 Å². The number of thiophene rings is 1. The average Bonchev–Trinajstić information content (AvgIpc) is 2.55. The molecule has 0 spiro atoms. The highest BCUT2D eigenvalue weighted by Gasteiger charge is 2.32. The molecule has 1 aliphatic carbocycles. The van der Waals surface area contributed by atoms with Crippen LogP contribution in [-0.4, -0.2) is 5.54 Å². The van der Waals surface area contributed by atoms with Crippen molar-refractivity contribution in [2.45, 2.75) is 57.9 Å². The summed E-state index contributed by atoms with van der Waals surface area (Å²) in [6.07, 6.45) is 7.23. The third kappa shape index (κ3) is 3.80. The van der Waals surface area contributed by atoms with Crippen molar-refractivity contribution in [2.75, 3.05) is 0 Å². The molecule has 0 bridgehead atoms. The van der Waals surface area contributed by atoms with Crippen LogP contribution in [0.3, 0.4) is 0 Å². The number of nitrogens with two attached hydrogens (primary N) is 1. The molecule has 3 heteroatoms. The van der Waals surface area contributed by atoms with Crippen LogP contribution in [0.1, 0.15) is 50.8 Å². The van der Waals surface area contributed by atoms with Crippen LogP contribution in [0.25, 0.3) is 0 Å². The molecule has 17 heavy (non-hydrogen) atoms. The van der Waals surface area contributed by atoms with Gasteiger partial charge in [0, 0.05) is 10.4 Å². The van der Waals surface area contributed by atoms with Gasteiger partial charge in [0.25, 0.3) is 0 Å². The summed E-state index contributed by atoms with van der Waals surface area (Å²) in [5.74, 6) is 0. The lowest BCUT2D eigenvalue weighted by atomic mass is 9.82. The summed E-state index contributed by atoms with van der Waals surface area (Å²) < 4.78 is 1.21. The maximum Gasteiger partial charge on any atom is 0.0701 e. The lowest BCUT2D eigenvalue weighted by Gasteiger charge is -2.28. The zero-order chi connectivity index (χ0) is 12.5. The molecular weight excluding hydrogens is 294 g/mol. The SMILES string of the molecule is CC1(C)CCCC(N)(Cc2ccc(Br)s2)CC1. The minimum absolute atomic E-state index is 0.0259. The van der Waals surface area contributed by atoms with Gasteiger partial charge in [0.1, 0.15) is 0 Å². The van der Waals surface area contributed by atoms with Gasteiger partial charge in [-0.1, -0.05) is 20.3 Å². The van der Waals surface area contributed by atoms with Gasteiger partial charge in [-0.15, -0.1) is 11.3 Å². The molecular formula is C14H22BrNS. The van der Waals surface area contributed by atoms with Gasteiger partial charge in [-0.3, -0.25) is 0 Å². The van der Waals surface area contributed by atoms with E-state index in [0.29, 0.717) is 5.41 Å². The summed E-state index contributed by atoms with van der Waals surface area (Å²) in [6.45, 7) is 4.75. The van der Waals surface area contributed by atoms with E-state index in [1.165, 1.54) is 34.3 Å². The average molecular weight is 316 g/mol. The molecule has 1 fully saturated rings. The topological polar surface area (TPSA) is 26.0 Å². The summed E-state index contributed by atoms with van der Waals surface area (Å²) in [7, 11) is 0. The summed E-state index contributed by atoms with van der Waals surface area (Å²) in [5, 5.41) is 0. The van der Waals surface area contributed by atoms with Crippen molar-refractivity contribution < 1.29 is 0 Å². The van der Waals surface area contributed by atoms with Crippen molar-refractivity contribution in [2.24, 2.45) is 11.1 Å². The molecule has 1 aliphatic rings. The Morgan fingerprint density at radius 3 is 2.65 bits per heavy atom. The second kappa shape index (κ2) is 5.02. The highest BCUT2D eigenvalue weighted by molar-refractivity contribution is 9.11. The van der Waals surface area contributed by atoms with Gasteiger partial charge >= 0.3 is 0 Å². The summed E-state index contributed by atoms with van der Waals surface area (Å²) in [6, 6.07) is 4.34. The van der Waals surface area contributed by atoms with Gasteiger partial charge in [0.05, 0.1) is 3.79 Å². The highest BCUT2D eigenvalue weighted by Crippen LogP contribution is 2.39. The van der Waals surface area contributed by atoms with Crippen LogP contribution in [0.15, 0.2) is 15.9 Å². The Balaban J connectivity index is 2.03. The third-order valence-corrected chi connectivity index (χ3v) is 5.61. The normalized spacial score (nSPS) is 28.9. The zero-order valence-corrected chi connectivity index (χ0v) is 13.2. The molecule has 1 aromatic heterocycles. The van der Waals surface area contributed by atoms with Crippen LogP contribution in [0.4, 0.5) is 0 Å². The Kier molecular flexibility index (Phi) is 4.01. The first-order valence-electron chi connectivity index (χ1n) is 6.42. The zero-order valence-electron chi connectivity index (χ0n) is 10.8. The maximum absolute atomic E-state index is 6.61. The minimum atomic E-state index is 0.0259. The highest BCUT2D eigenvalue weighted by atomic mass is 79.9. The minimum Gasteiger partial charge on any atom is -0.325 e. The molecule has 1 aromatic rings. The van der Waals surface area contributed by atoms with Gasteiger partial charge in [0.15, 0.2) is 0 Å². The van der Waals surface area contributed by atoms with Crippen LogP contribution in [0.2, 0.25) is 0 Å². The first-order chi connectivity index (χ1) is 7.89. The molecule has 2 rings (SSSR count). The number of halogens is 1. The van der Waals surface area contributed by atoms with Crippen molar-refractivity contribution >= 4 is 27.3 Å². The summed E-state index contributed by atoms with van der Waals surface area (Å²) in [5.41, 5.74) is 7.12. The quantitative estimate of drug-likeness (QED) is 0.784. The van der Waals surface area contributed by atoms with Gasteiger partial charge in [0.2, 0.25) is 0 Å². The molecule has 96 valence electrons. The molecule has 1 saturated carbocycles. The Labute approximate surface area is 117 Å². The van der Waals surface area contributed by atoms with E-state index in [0.717, 1.165) is 12.8 Å². The van der Waals surface area contributed by atoms with Gasteiger partial charge in [-0.05, 0) is 65.6 Å². The van der Waals surface area contributed by atoms with Crippen LogP contribution in [0, 0.1) is 5.41 Å². The van der Waals surface area contributed by atoms with Crippen LogP contribution >= 0.6 is 27.3 Å². The van der Waals surface area contributed by atoms with Crippen LogP contribution in [0.5, 0.6) is 0 Å². The van der Waals surface area contributed by atoms with Crippen LogP contribution < -0.4 is 5.73 Å². The number of hydrogen-bond acceptors (Lipinski definition) is 2. The third-order valence-electron chi connectivity index (χ3n) is 3.98. The van der Waals surface area contributed by atoms with Gasteiger partial charge < -0.3 is 5.73 Å². The molecule has 1 heterocycles. The fourth-order valence-corrected chi connectivity index (χ4v) is 4.37. The second-order valence-electron chi connectivity index (χ2n) is 6.26. The van der Waals surface area contributed by atoms with E-state index in [1.807, 2.05) is 11.3 Å². The maximum atomic E-state index is 6.61. The lowest BCUT2D eigenvalue weighted by molar-refractivity contribution is 0.297. The molecule has 1 unspecified atom stereocenters. The molecule has 0 saturated heterocycles. The Morgan fingerprint density at radius 2 is 2.00 bits per heavy atom. The van der Waals surface area contributed by atoms with Crippen molar-refractivity contribution in [1.29, 1.82) is 0 Å². The number of rotatable bonds is 2. The van der Waals surface area contributed by atoms with E-state index < -0.39 is 0 Å². The fourth-order valence-electron chi connectivity index (χ4n) is 2.73. The van der Waals surface area contributed by atoms with E-state index in [-0.39, 0.29) is 5.54 Å². The van der Waals surface area contributed by atoms with Crippen molar-refractivity contribution in [3.05, 3.63) is 20.8 Å². The predicted molar refractivity (Wildman–Crippen MR) is 79.5 cm³/mol. The summed E-state index contributed by atoms with van der Waals surface area (Å²) in [4.78, 5) is 1.42. The van der Waals surface area contributed by atoms with E-state index in [4.69, 9.17) is 5.73 Å². The van der Waals surface area contributed by atoms with Gasteiger partial charge in [-0.25, -0.2) is 0 Å². The Hall–Kier alpha value is 0.140. The Morgan fingerprint density at radius 1 is 1.24 bits per heavy atom. The fraction of sp³-hybridized carbons (Fsp3) is 0.714. The molecule has 1 atom stereocenters. The van der Waals surface area contributed by atoms with E-state index in [9.17, 15) is 0 Å². The smallest absolute Gasteiger partial charge is 0.0701 e. The monoisotopic (exact) mass is 315 g/mol. The van der Waals surface area contributed by atoms with Gasteiger partial charge in [-0.2, -0.15) is 0 Å². The van der Waals surface area contributed by atoms with Crippen molar-refractivity contribution in [1.82, 2.24) is 0 Å². The largest absolute Gasteiger partial charge is 0.325 e. The summed E-state index contributed by atoms with van der Waals surface area (Å²) >= 11 is 5.35. The van der Waals surface area contributed by atoms with Crippen molar-refractivity contribution in [3.63, 3.8) is 0 Å². The lowest BCUT2D eigenvalue weighted by Crippen LogP contribution is -2.41. The molecule has 0 aliphatic heterocycles. The second-order valence-corrected chi connectivity index (χ2v) is 8.81.